The zero-order valence-electron chi connectivity index (χ0n) is 16.1. The Hall–Kier alpha value is -4.22. The minimum Gasteiger partial charge on any atom is -0.319 e. The van der Waals surface area contributed by atoms with Gasteiger partial charge in [0.15, 0.2) is 17.3 Å². The minimum absolute atomic E-state index is 0.0326. The standard InChI is InChI=1S/C23H11ClF2N4O2/c24-14-3-1-2-13(8-14)23(32)30-18-7-5-16(25)20(21(18)26)22(31)12-4-6-17-19(9-12)29-15(10-27)11-28-17/h1-9,11H,(H,30,32). The first-order valence-corrected chi connectivity index (χ1v) is 9.51. The fraction of sp³-hybridized carbons (Fsp3) is 0. The van der Waals surface area contributed by atoms with Gasteiger partial charge in [0.2, 0.25) is 0 Å². The first kappa shape index (κ1) is 21.0. The first-order chi connectivity index (χ1) is 15.4. The van der Waals surface area contributed by atoms with Crippen LogP contribution in [0.2, 0.25) is 5.02 Å². The van der Waals surface area contributed by atoms with Crippen LogP contribution in [-0.2, 0) is 0 Å². The number of hydrogen-bond donors (Lipinski definition) is 1. The van der Waals surface area contributed by atoms with E-state index in [1.165, 1.54) is 36.5 Å². The molecule has 0 bridgehead atoms. The van der Waals surface area contributed by atoms with Gasteiger partial charge in [-0.1, -0.05) is 17.7 Å². The first-order valence-electron chi connectivity index (χ1n) is 9.14. The van der Waals surface area contributed by atoms with E-state index < -0.39 is 28.9 Å². The molecular weight excluding hydrogens is 438 g/mol. The van der Waals surface area contributed by atoms with E-state index >= 15 is 4.39 Å². The number of benzene rings is 3. The number of halogens is 3. The lowest BCUT2D eigenvalue weighted by Crippen LogP contribution is -2.16. The van der Waals surface area contributed by atoms with Crippen LogP contribution in [0.15, 0.2) is 60.8 Å². The highest BCUT2D eigenvalue weighted by Crippen LogP contribution is 2.26. The number of nitrogens with zero attached hydrogens (tertiary/aromatic N) is 3. The van der Waals surface area contributed by atoms with Crippen molar-refractivity contribution in [1.29, 1.82) is 5.26 Å². The van der Waals surface area contributed by atoms with E-state index in [0.717, 1.165) is 12.1 Å². The van der Waals surface area contributed by atoms with Gasteiger partial charge in [0.1, 0.15) is 11.9 Å². The molecule has 0 saturated heterocycles. The molecule has 1 amide bonds. The molecule has 0 aliphatic heterocycles. The molecule has 4 aromatic rings. The van der Waals surface area contributed by atoms with Crippen molar-refractivity contribution in [2.45, 2.75) is 0 Å². The van der Waals surface area contributed by atoms with E-state index in [0.29, 0.717) is 10.5 Å². The number of anilines is 1. The summed E-state index contributed by atoms with van der Waals surface area (Å²) in [5, 5.41) is 11.6. The van der Waals surface area contributed by atoms with Crippen molar-refractivity contribution in [1.82, 2.24) is 9.97 Å². The van der Waals surface area contributed by atoms with Crippen LogP contribution < -0.4 is 5.32 Å². The summed E-state index contributed by atoms with van der Waals surface area (Å²) < 4.78 is 29.5. The Kier molecular flexibility index (Phi) is 5.58. The summed E-state index contributed by atoms with van der Waals surface area (Å²) >= 11 is 5.86. The van der Waals surface area contributed by atoms with Crippen molar-refractivity contribution in [3.8, 4) is 6.07 Å². The lowest BCUT2D eigenvalue weighted by Gasteiger charge is -2.11. The molecule has 9 heteroatoms. The molecule has 32 heavy (non-hydrogen) atoms. The van der Waals surface area contributed by atoms with Crippen LogP contribution in [0.1, 0.15) is 32.0 Å². The number of carbonyl (C=O) groups excluding carboxylic acids is 2. The van der Waals surface area contributed by atoms with Crippen molar-refractivity contribution in [2.75, 3.05) is 5.32 Å². The maximum Gasteiger partial charge on any atom is 0.255 e. The Morgan fingerprint density at radius 2 is 1.81 bits per heavy atom. The molecule has 4 rings (SSSR count). The average molecular weight is 449 g/mol. The highest BCUT2D eigenvalue weighted by Gasteiger charge is 2.23. The van der Waals surface area contributed by atoms with E-state index in [-0.39, 0.29) is 28.0 Å². The summed E-state index contributed by atoms with van der Waals surface area (Å²) in [6.07, 6.45) is 1.27. The maximum absolute atomic E-state index is 15.1. The molecule has 1 aromatic heterocycles. The fourth-order valence-electron chi connectivity index (χ4n) is 3.03. The van der Waals surface area contributed by atoms with E-state index in [9.17, 15) is 14.0 Å². The van der Waals surface area contributed by atoms with E-state index in [2.05, 4.69) is 15.3 Å². The third-order valence-electron chi connectivity index (χ3n) is 4.57. The van der Waals surface area contributed by atoms with Crippen LogP contribution in [0.5, 0.6) is 0 Å². The van der Waals surface area contributed by atoms with Gasteiger partial charge in [-0.3, -0.25) is 14.6 Å². The predicted octanol–water partition coefficient (Wildman–Crippen LogP) is 4.92. The van der Waals surface area contributed by atoms with Crippen molar-refractivity contribution in [3.05, 3.63) is 99.8 Å². The molecule has 0 saturated carbocycles. The third-order valence-corrected chi connectivity index (χ3v) is 4.81. The summed E-state index contributed by atoms with van der Waals surface area (Å²) in [7, 11) is 0. The van der Waals surface area contributed by atoms with Crippen LogP contribution in [0, 0.1) is 23.0 Å². The zero-order valence-corrected chi connectivity index (χ0v) is 16.8. The van der Waals surface area contributed by atoms with E-state index in [4.69, 9.17) is 16.9 Å². The summed E-state index contributed by atoms with van der Waals surface area (Å²) in [6.45, 7) is 0. The average Bonchev–Trinajstić information content (AvgIpc) is 2.80. The minimum atomic E-state index is -1.22. The van der Waals surface area contributed by atoms with Gasteiger partial charge < -0.3 is 5.32 Å². The van der Waals surface area contributed by atoms with Crippen LogP contribution in [0.4, 0.5) is 14.5 Å². The van der Waals surface area contributed by atoms with Crippen LogP contribution in [0.3, 0.4) is 0 Å². The van der Waals surface area contributed by atoms with E-state index in [1.54, 1.807) is 12.1 Å². The lowest BCUT2D eigenvalue weighted by molar-refractivity contribution is 0.101. The van der Waals surface area contributed by atoms with Crippen molar-refractivity contribution in [3.63, 3.8) is 0 Å². The number of nitriles is 1. The van der Waals surface area contributed by atoms with Gasteiger partial charge in [0.25, 0.3) is 5.91 Å². The second-order valence-electron chi connectivity index (χ2n) is 6.65. The van der Waals surface area contributed by atoms with Crippen LogP contribution in [-0.4, -0.2) is 21.7 Å². The molecule has 6 nitrogen and oxygen atoms in total. The SMILES string of the molecule is N#Cc1cnc2ccc(C(=O)c3c(F)ccc(NC(=O)c4cccc(Cl)c4)c3F)cc2n1. The molecule has 0 spiro atoms. The second kappa shape index (κ2) is 8.49. The zero-order chi connectivity index (χ0) is 22.8. The summed E-state index contributed by atoms with van der Waals surface area (Å²) in [5.74, 6) is -3.95. The van der Waals surface area contributed by atoms with Gasteiger partial charge in [-0.15, -0.1) is 0 Å². The van der Waals surface area contributed by atoms with Gasteiger partial charge in [0.05, 0.1) is 28.5 Å². The number of amides is 1. The van der Waals surface area contributed by atoms with Crippen molar-refractivity contribution < 1.29 is 18.4 Å². The summed E-state index contributed by atoms with van der Waals surface area (Å²) in [6, 6.07) is 13.8. The predicted molar refractivity (Wildman–Crippen MR) is 113 cm³/mol. The molecular formula is C23H11ClF2N4O2. The molecule has 0 radical (unpaired) electrons. The Morgan fingerprint density at radius 1 is 1.00 bits per heavy atom. The molecule has 1 N–H and O–H groups in total. The number of carbonyl (C=O) groups is 2. The highest BCUT2D eigenvalue weighted by molar-refractivity contribution is 6.31. The monoisotopic (exact) mass is 448 g/mol. The number of ketones is 1. The largest absolute Gasteiger partial charge is 0.319 e. The Labute approximate surface area is 185 Å². The number of aromatic nitrogens is 2. The molecule has 1 heterocycles. The summed E-state index contributed by atoms with van der Waals surface area (Å²) in [4.78, 5) is 33.4. The Bertz CT molecular complexity index is 1450. The van der Waals surface area contributed by atoms with Gasteiger partial charge in [-0.05, 0) is 48.5 Å². The van der Waals surface area contributed by atoms with Gasteiger partial charge >= 0.3 is 0 Å². The Morgan fingerprint density at radius 3 is 2.56 bits per heavy atom. The fourth-order valence-corrected chi connectivity index (χ4v) is 3.22. The number of hydrogen-bond acceptors (Lipinski definition) is 5. The normalized spacial score (nSPS) is 10.6. The molecule has 0 unspecified atom stereocenters. The highest BCUT2D eigenvalue weighted by atomic mass is 35.5. The number of fused-ring (bicyclic) bond motifs is 1. The topological polar surface area (TPSA) is 95.7 Å². The van der Waals surface area contributed by atoms with Gasteiger partial charge in [0, 0.05) is 16.1 Å². The van der Waals surface area contributed by atoms with E-state index in [1.807, 2.05) is 6.07 Å². The molecule has 0 aliphatic rings. The molecule has 0 atom stereocenters. The van der Waals surface area contributed by atoms with Gasteiger partial charge in [-0.25, -0.2) is 13.8 Å². The number of nitrogens with one attached hydrogen (secondary N) is 1. The van der Waals surface area contributed by atoms with Crippen molar-refractivity contribution >= 4 is 40.0 Å². The number of rotatable bonds is 4. The Balaban J connectivity index is 1.71. The maximum atomic E-state index is 15.1. The molecule has 156 valence electrons. The van der Waals surface area contributed by atoms with Gasteiger partial charge in [-0.2, -0.15) is 5.26 Å². The smallest absolute Gasteiger partial charge is 0.255 e. The molecule has 0 aliphatic carbocycles. The van der Waals surface area contributed by atoms with Crippen LogP contribution in [0.25, 0.3) is 11.0 Å². The lowest BCUT2D eigenvalue weighted by atomic mass is 10.0. The molecule has 0 fully saturated rings. The van der Waals surface area contributed by atoms with Crippen molar-refractivity contribution in [2.24, 2.45) is 0 Å². The summed E-state index contributed by atoms with van der Waals surface area (Å²) in [5.41, 5.74) is -0.437. The third kappa shape index (κ3) is 4.02. The molecule has 3 aromatic carbocycles. The van der Waals surface area contributed by atoms with Crippen LogP contribution >= 0.6 is 11.6 Å². The quantitative estimate of drug-likeness (QED) is 0.447. The second-order valence-corrected chi connectivity index (χ2v) is 7.08.